The van der Waals surface area contributed by atoms with Gasteiger partial charge in [-0.2, -0.15) is 0 Å². The van der Waals surface area contributed by atoms with Crippen molar-refractivity contribution in [1.82, 2.24) is 30.1 Å². The summed E-state index contributed by atoms with van der Waals surface area (Å²) in [5, 5.41) is 15.1. The Morgan fingerprint density at radius 1 is 1.15 bits per heavy atom. The van der Waals surface area contributed by atoms with E-state index >= 15 is 0 Å². The monoisotopic (exact) mass is 487 g/mol. The lowest BCUT2D eigenvalue weighted by molar-refractivity contribution is 0.173. The molecule has 2 aromatic rings. The SMILES string of the molecule is CCNC(=NCc1nnc2ccccn12)NCCCN(C(C)C)C(C)C.I. The molecule has 0 bridgehead atoms. The van der Waals surface area contributed by atoms with Gasteiger partial charge in [-0.3, -0.25) is 9.30 Å². The Morgan fingerprint density at radius 3 is 2.56 bits per heavy atom. The highest BCUT2D eigenvalue weighted by atomic mass is 127. The van der Waals surface area contributed by atoms with Gasteiger partial charge in [0.1, 0.15) is 6.54 Å². The molecule has 7 nitrogen and oxygen atoms in total. The molecule has 0 amide bonds. The summed E-state index contributed by atoms with van der Waals surface area (Å²) in [5.41, 5.74) is 0.845. The van der Waals surface area contributed by atoms with E-state index in [1.807, 2.05) is 28.8 Å². The highest BCUT2D eigenvalue weighted by molar-refractivity contribution is 14.0. The van der Waals surface area contributed by atoms with Crippen LogP contribution in [0.1, 0.15) is 46.9 Å². The van der Waals surface area contributed by atoms with Crippen molar-refractivity contribution in [2.45, 2.75) is 59.7 Å². The van der Waals surface area contributed by atoms with Crippen molar-refractivity contribution in [3.63, 3.8) is 0 Å². The minimum Gasteiger partial charge on any atom is -0.357 e. The molecule has 0 aliphatic rings. The van der Waals surface area contributed by atoms with Crippen LogP contribution in [-0.2, 0) is 6.54 Å². The van der Waals surface area contributed by atoms with E-state index in [9.17, 15) is 0 Å². The van der Waals surface area contributed by atoms with Crippen molar-refractivity contribution in [2.24, 2.45) is 4.99 Å². The summed E-state index contributed by atoms with van der Waals surface area (Å²) in [6, 6.07) is 7.01. The third-order valence-electron chi connectivity index (χ3n) is 4.32. The van der Waals surface area contributed by atoms with Crippen LogP contribution >= 0.6 is 24.0 Å². The van der Waals surface area contributed by atoms with Gasteiger partial charge in [-0.1, -0.05) is 6.07 Å². The molecule has 0 aliphatic carbocycles. The molecule has 27 heavy (non-hydrogen) atoms. The Kier molecular flexibility index (Phi) is 10.6. The highest BCUT2D eigenvalue weighted by Gasteiger charge is 2.12. The van der Waals surface area contributed by atoms with E-state index in [1.165, 1.54) is 0 Å². The molecule has 2 N–H and O–H groups in total. The standard InChI is InChI=1S/C19H33N7.HI/c1-6-20-19(21-11-9-13-25(15(2)3)16(4)5)22-14-18-24-23-17-10-7-8-12-26(17)18;/h7-8,10,12,15-16H,6,9,11,13-14H2,1-5H3,(H2,20,21,22);1H. The number of hydrogen-bond donors (Lipinski definition) is 2. The summed E-state index contributed by atoms with van der Waals surface area (Å²) in [7, 11) is 0. The molecule has 2 rings (SSSR count). The van der Waals surface area contributed by atoms with Gasteiger partial charge in [0.15, 0.2) is 17.4 Å². The Balaban J connectivity index is 0.00000364. The molecule has 0 aromatic carbocycles. The number of rotatable bonds is 9. The van der Waals surface area contributed by atoms with Crippen molar-refractivity contribution < 1.29 is 0 Å². The van der Waals surface area contributed by atoms with E-state index < -0.39 is 0 Å². The number of guanidine groups is 1. The molecule has 0 fully saturated rings. The molecule has 0 spiro atoms. The molecule has 0 aliphatic heterocycles. The lowest BCUT2D eigenvalue weighted by atomic mass is 10.2. The van der Waals surface area contributed by atoms with Crippen molar-refractivity contribution in [3.8, 4) is 0 Å². The number of pyridine rings is 1. The zero-order chi connectivity index (χ0) is 18.9. The fraction of sp³-hybridized carbons (Fsp3) is 0.632. The lowest BCUT2D eigenvalue weighted by Gasteiger charge is -2.30. The zero-order valence-corrected chi connectivity index (χ0v) is 19.5. The van der Waals surface area contributed by atoms with Crippen LogP contribution in [0.25, 0.3) is 5.65 Å². The van der Waals surface area contributed by atoms with Crippen LogP contribution in [0, 0.1) is 0 Å². The predicted molar refractivity (Wildman–Crippen MR) is 123 cm³/mol. The summed E-state index contributed by atoms with van der Waals surface area (Å²) in [4.78, 5) is 7.16. The van der Waals surface area contributed by atoms with Gasteiger partial charge in [0.25, 0.3) is 0 Å². The molecule has 2 aromatic heterocycles. The average molecular weight is 487 g/mol. The zero-order valence-electron chi connectivity index (χ0n) is 17.1. The minimum absolute atomic E-state index is 0. The first-order chi connectivity index (χ1) is 12.5. The third-order valence-corrected chi connectivity index (χ3v) is 4.32. The van der Waals surface area contributed by atoms with Crippen LogP contribution in [0.3, 0.4) is 0 Å². The summed E-state index contributed by atoms with van der Waals surface area (Å²) in [5.74, 6) is 1.66. The van der Waals surface area contributed by atoms with Gasteiger partial charge in [0.05, 0.1) is 0 Å². The molecule has 0 saturated carbocycles. The summed E-state index contributed by atoms with van der Waals surface area (Å²) < 4.78 is 1.97. The van der Waals surface area contributed by atoms with E-state index in [1.54, 1.807) is 0 Å². The normalized spacial score (nSPS) is 12.1. The van der Waals surface area contributed by atoms with Crippen molar-refractivity contribution in [3.05, 3.63) is 30.2 Å². The van der Waals surface area contributed by atoms with Gasteiger partial charge < -0.3 is 10.6 Å². The predicted octanol–water partition coefficient (Wildman–Crippen LogP) is 2.91. The van der Waals surface area contributed by atoms with E-state index in [-0.39, 0.29) is 24.0 Å². The van der Waals surface area contributed by atoms with Crippen LogP contribution in [0.15, 0.2) is 29.4 Å². The van der Waals surface area contributed by atoms with Gasteiger partial charge in [-0.05, 0) is 53.2 Å². The Hall–Kier alpha value is -1.42. The van der Waals surface area contributed by atoms with E-state index in [0.717, 1.165) is 43.5 Å². The topological polar surface area (TPSA) is 69.8 Å². The van der Waals surface area contributed by atoms with Crippen LogP contribution in [0.5, 0.6) is 0 Å². The fourth-order valence-electron chi connectivity index (χ4n) is 3.07. The average Bonchev–Trinajstić information content (AvgIpc) is 3.02. The second kappa shape index (κ2) is 12.1. The molecule has 0 radical (unpaired) electrons. The molecule has 0 unspecified atom stereocenters. The quantitative estimate of drug-likeness (QED) is 0.247. The fourth-order valence-corrected chi connectivity index (χ4v) is 3.07. The molecular weight excluding hydrogens is 453 g/mol. The number of aliphatic imine (C=N–C) groups is 1. The van der Waals surface area contributed by atoms with E-state index in [4.69, 9.17) is 0 Å². The van der Waals surface area contributed by atoms with Crippen LogP contribution < -0.4 is 10.6 Å². The van der Waals surface area contributed by atoms with Crippen LogP contribution in [0.2, 0.25) is 0 Å². The second-order valence-corrected chi connectivity index (χ2v) is 6.95. The maximum Gasteiger partial charge on any atom is 0.191 e. The number of nitrogens with one attached hydrogen (secondary N) is 2. The highest BCUT2D eigenvalue weighted by Crippen LogP contribution is 2.05. The Morgan fingerprint density at radius 2 is 1.89 bits per heavy atom. The molecular formula is C19H34IN7. The Bertz CT molecular complexity index is 688. The van der Waals surface area contributed by atoms with Gasteiger partial charge in [0.2, 0.25) is 0 Å². The third kappa shape index (κ3) is 7.25. The van der Waals surface area contributed by atoms with Gasteiger partial charge >= 0.3 is 0 Å². The van der Waals surface area contributed by atoms with E-state index in [2.05, 4.69) is 65.3 Å². The van der Waals surface area contributed by atoms with Gasteiger partial charge in [-0.25, -0.2) is 4.99 Å². The van der Waals surface area contributed by atoms with E-state index in [0.29, 0.717) is 18.6 Å². The number of nitrogens with zero attached hydrogens (tertiary/aromatic N) is 5. The smallest absolute Gasteiger partial charge is 0.191 e. The van der Waals surface area contributed by atoms with Crippen LogP contribution in [0.4, 0.5) is 0 Å². The number of fused-ring (bicyclic) bond motifs is 1. The van der Waals surface area contributed by atoms with Gasteiger partial charge in [-0.15, -0.1) is 34.2 Å². The first kappa shape index (κ1) is 23.6. The number of hydrogen-bond acceptors (Lipinski definition) is 4. The van der Waals surface area contributed by atoms with Crippen LogP contribution in [-0.4, -0.2) is 57.2 Å². The number of aromatic nitrogens is 3. The molecule has 0 saturated heterocycles. The number of halogens is 1. The summed E-state index contributed by atoms with van der Waals surface area (Å²) in [6.07, 6.45) is 3.04. The summed E-state index contributed by atoms with van der Waals surface area (Å²) >= 11 is 0. The first-order valence-electron chi connectivity index (χ1n) is 9.59. The largest absolute Gasteiger partial charge is 0.357 e. The van der Waals surface area contributed by atoms with Gasteiger partial charge in [0, 0.05) is 37.9 Å². The lowest BCUT2D eigenvalue weighted by Crippen LogP contribution is -2.41. The minimum atomic E-state index is 0. The summed E-state index contributed by atoms with van der Waals surface area (Å²) in [6.45, 7) is 14.4. The van der Waals surface area contributed by atoms with Crippen molar-refractivity contribution in [1.29, 1.82) is 0 Å². The first-order valence-corrected chi connectivity index (χ1v) is 9.59. The molecule has 8 heteroatoms. The Labute approximate surface area is 180 Å². The molecule has 152 valence electrons. The maximum atomic E-state index is 4.65. The maximum absolute atomic E-state index is 4.65. The molecule has 0 atom stereocenters. The van der Waals surface area contributed by atoms with Crippen molar-refractivity contribution in [2.75, 3.05) is 19.6 Å². The molecule has 2 heterocycles. The van der Waals surface area contributed by atoms with Crippen molar-refractivity contribution >= 4 is 35.6 Å². The second-order valence-electron chi connectivity index (χ2n) is 6.95.